The van der Waals surface area contributed by atoms with Crippen molar-refractivity contribution < 1.29 is 18.1 Å². The summed E-state index contributed by atoms with van der Waals surface area (Å²) >= 11 is 0. The summed E-state index contributed by atoms with van der Waals surface area (Å²) in [5, 5.41) is 22.1. The zero-order valence-electron chi connectivity index (χ0n) is 12.2. The standard InChI is InChI=1S/C15H12N4O4S/c20-15-14(18-17-11-4-2-1-3-5-11)10-16-19(15)12-6-8-13(9-7-12)24(21,22)23/h1-10,20H,(H,21,22,23). The lowest BCUT2D eigenvalue weighted by atomic mass is 10.3. The number of azo groups is 1. The number of rotatable bonds is 4. The maximum absolute atomic E-state index is 11.0. The van der Waals surface area contributed by atoms with Gasteiger partial charge >= 0.3 is 0 Å². The normalized spacial score (nSPS) is 11.9. The van der Waals surface area contributed by atoms with Crippen molar-refractivity contribution in [1.82, 2.24) is 9.78 Å². The van der Waals surface area contributed by atoms with Crippen LogP contribution in [-0.2, 0) is 10.1 Å². The van der Waals surface area contributed by atoms with Crippen molar-refractivity contribution in [3.63, 3.8) is 0 Å². The van der Waals surface area contributed by atoms with Gasteiger partial charge in [0.15, 0.2) is 5.69 Å². The molecule has 2 N–H and O–H groups in total. The highest BCUT2D eigenvalue weighted by atomic mass is 32.2. The van der Waals surface area contributed by atoms with Gasteiger partial charge in [-0.3, -0.25) is 4.55 Å². The van der Waals surface area contributed by atoms with Gasteiger partial charge in [-0.25, -0.2) is 0 Å². The highest BCUT2D eigenvalue weighted by molar-refractivity contribution is 7.85. The van der Waals surface area contributed by atoms with E-state index in [1.54, 1.807) is 12.1 Å². The van der Waals surface area contributed by atoms with Gasteiger partial charge in [0.25, 0.3) is 10.1 Å². The largest absolute Gasteiger partial charge is 0.492 e. The van der Waals surface area contributed by atoms with Gasteiger partial charge < -0.3 is 5.11 Å². The quantitative estimate of drug-likeness (QED) is 0.556. The predicted molar refractivity (Wildman–Crippen MR) is 85.7 cm³/mol. The number of aromatic hydroxyl groups is 1. The van der Waals surface area contributed by atoms with E-state index in [-0.39, 0.29) is 16.5 Å². The van der Waals surface area contributed by atoms with E-state index in [2.05, 4.69) is 15.3 Å². The average molecular weight is 344 g/mol. The van der Waals surface area contributed by atoms with Crippen molar-refractivity contribution in [2.24, 2.45) is 10.2 Å². The summed E-state index contributed by atoms with van der Waals surface area (Å²) in [6, 6.07) is 14.2. The minimum Gasteiger partial charge on any atom is -0.492 e. The molecular formula is C15H12N4O4S. The van der Waals surface area contributed by atoms with Gasteiger partial charge in [-0.2, -0.15) is 23.3 Å². The highest BCUT2D eigenvalue weighted by Crippen LogP contribution is 2.30. The van der Waals surface area contributed by atoms with E-state index < -0.39 is 10.1 Å². The van der Waals surface area contributed by atoms with E-state index in [0.717, 1.165) is 0 Å². The maximum Gasteiger partial charge on any atom is 0.294 e. The summed E-state index contributed by atoms with van der Waals surface area (Å²) < 4.78 is 32.2. The Balaban J connectivity index is 1.89. The first-order valence-corrected chi connectivity index (χ1v) is 8.21. The SMILES string of the molecule is O=S(=O)(O)c1ccc(-n2ncc(N=Nc3ccccc3)c2O)cc1. The third-order valence-electron chi connectivity index (χ3n) is 3.13. The Morgan fingerprint density at radius 3 is 2.25 bits per heavy atom. The molecule has 1 aromatic heterocycles. The molecule has 0 radical (unpaired) electrons. The number of hydrogen-bond donors (Lipinski definition) is 2. The monoisotopic (exact) mass is 344 g/mol. The van der Waals surface area contributed by atoms with Crippen LogP contribution in [-0.4, -0.2) is 27.9 Å². The fourth-order valence-electron chi connectivity index (χ4n) is 1.96. The first-order chi connectivity index (χ1) is 11.4. The minimum absolute atomic E-state index is 0.165. The lowest BCUT2D eigenvalue weighted by molar-refractivity contribution is 0.434. The molecular weight excluding hydrogens is 332 g/mol. The smallest absolute Gasteiger partial charge is 0.294 e. The minimum atomic E-state index is -4.27. The first kappa shape index (κ1) is 15.8. The van der Waals surface area contributed by atoms with Crippen molar-refractivity contribution >= 4 is 21.5 Å². The molecule has 122 valence electrons. The molecule has 1 heterocycles. The Labute approximate surface area is 137 Å². The molecule has 0 fully saturated rings. The van der Waals surface area contributed by atoms with Crippen LogP contribution in [0.2, 0.25) is 0 Å². The van der Waals surface area contributed by atoms with E-state index in [9.17, 15) is 13.5 Å². The molecule has 24 heavy (non-hydrogen) atoms. The Morgan fingerprint density at radius 1 is 0.958 bits per heavy atom. The Hall–Kier alpha value is -3.04. The van der Waals surface area contributed by atoms with Gasteiger partial charge in [0.1, 0.15) is 0 Å². The Bertz CT molecular complexity index is 980. The summed E-state index contributed by atoms with van der Waals surface area (Å²) in [7, 11) is -4.27. The number of aromatic nitrogens is 2. The van der Waals surface area contributed by atoms with Crippen molar-refractivity contribution in [1.29, 1.82) is 0 Å². The van der Waals surface area contributed by atoms with Crippen molar-refractivity contribution in [3.05, 3.63) is 60.8 Å². The molecule has 3 aromatic rings. The van der Waals surface area contributed by atoms with Crippen LogP contribution >= 0.6 is 0 Å². The van der Waals surface area contributed by atoms with Crippen LogP contribution in [0.5, 0.6) is 5.88 Å². The molecule has 3 rings (SSSR count). The molecule has 0 aliphatic heterocycles. The third-order valence-corrected chi connectivity index (χ3v) is 4.00. The van der Waals surface area contributed by atoms with Crippen LogP contribution in [0.3, 0.4) is 0 Å². The number of hydrogen-bond acceptors (Lipinski definition) is 6. The van der Waals surface area contributed by atoms with E-state index >= 15 is 0 Å². The Kier molecular flexibility index (Phi) is 4.11. The predicted octanol–water partition coefficient (Wildman–Crippen LogP) is 3.24. The van der Waals surface area contributed by atoms with Gasteiger partial charge in [-0.1, -0.05) is 18.2 Å². The zero-order chi connectivity index (χ0) is 17.2. The molecule has 8 nitrogen and oxygen atoms in total. The third kappa shape index (κ3) is 3.31. The molecule has 2 aromatic carbocycles. The molecule has 0 unspecified atom stereocenters. The molecule has 0 atom stereocenters. The van der Waals surface area contributed by atoms with Gasteiger partial charge in [0, 0.05) is 0 Å². The lowest BCUT2D eigenvalue weighted by Gasteiger charge is -2.03. The van der Waals surface area contributed by atoms with Crippen LogP contribution in [0.1, 0.15) is 0 Å². The molecule has 9 heteroatoms. The van der Waals surface area contributed by atoms with E-state index in [4.69, 9.17) is 4.55 Å². The highest BCUT2D eigenvalue weighted by Gasteiger charge is 2.13. The van der Waals surface area contributed by atoms with Gasteiger partial charge in [-0.05, 0) is 36.4 Å². The Morgan fingerprint density at radius 2 is 1.62 bits per heavy atom. The zero-order valence-corrected chi connectivity index (χ0v) is 13.0. The van der Waals surface area contributed by atoms with E-state index in [1.165, 1.54) is 35.1 Å². The van der Waals surface area contributed by atoms with Crippen molar-refractivity contribution in [2.45, 2.75) is 4.90 Å². The van der Waals surface area contributed by atoms with Gasteiger partial charge in [0.2, 0.25) is 5.88 Å². The molecule has 0 aliphatic rings. The van der Waals surface area contributed by atoms with Gasteiger partial charge in [-0.15, -0.1) is 5.11 Å². The average Bonchev–Trinajstić information content (AvgIpc) is 2.94. The fraction of sp³-hybridized carbons (Fsp3) is 0. The summed E-state index contributed by atoms with van der Waals surface area (Å²) in [5.74, 6) is -0.241. The summed E-state index contributed by atoms with van der Waals surface area (Å²) in [4.78, 5) is -0.248. The number of benzene rings is 2. The maximum atomic E-state index is 11.0. The molecule has 0 saturated carbocycles. The van der Waals surface area contributed by atoms with E-state index in [1.807, 2.05) is 18.2 Å². The van der Waals surface area contributed by atoms with Crippen molar-refractivity contribution in [3.8, 4) is 11.6 Å². The van der Waals surface area contributed by atoms with Crippen LogP contribution in [0.25, 0.3) is 5.69 Å². The fourth-order valence-corrected chi connectivity index (χ4v) is 2.44. The molecule has 0 saturated heterocycles. The molecule has 0 spiro atoms. The van der Waals surface area contributed by atoms with E-state index in [0.29, 0.717) is 11.4 Å². The summed E-state index contributed by atoms with van der Waals surface area (Å²) in [6.07, 6.45) is 1.33. The molecule has 0 aliphatic carbocycles. The second-order valence-corrected chi connectivity index (χ2v) is 6.19. The first-order valence-electron chi connectivity index (χ1n) is 6.77. The van der Waals surface area contributed by atoms with Crippen LogP contribution in [0.4, 0.5) is 11.4 Å². The summed E-state index contributed by atoms with van der Waals surface area (Å²) in [6.45, 7) is 0. The second kappa shape index (κ2) is 6.22. The topological polar surface area (TPSA) is 117 Å². The second-order valence-electron chi connectivity index (χ2n) is 4.77. The van der Waals surface area contributed by atoms with Gasteiger partial charge in [0.05, 0.1) is 22.5 Å². The lowest BCUT2D eigenvalue weighted by Crippen LogP contribution is -2.00. The van der Waals surface area contributed by atoms with Crippen molar-refractivity contribution in [2.75, 3.05) is 0 Å². The van der Waals surface area contributed by atoms with Crippen LogP contribution in [0, 0.1) is 0 Å². The molecule has 0 amide bonds. The summed E-state index contributed by atoms with van der Waals surface area (Å²) in [5.41, 5.74) is 1.20. The van der Waals surface area contributed by atoms with Crippen LogP contribution in [0.15, 0.2) is 75.9 Å². The number of nitrogens with zero attached hydrogens (tertiary/aromatic N) is 4. The molecule has 0 bridgehead atoms. The van der Waals surface area contributed by atoms with Crippen LogP contribution < -0.4 is 0 Å².